The van der Waals surface area contributed by atoms with Crippen LogP contribution in [0.25, 0.3) is 22.0 Å². The second-order valence-corrected chi connectivity index (χ2v) is 10.0. The fourth-order valence-electron chi connectivity index (χ4n) is 4.05. The van der Waals surface area contributed by atoms with Gasteiger partial charge in [0.1, 0.15) is 22.2 Å². The Kier molecular flexibility index (Phi) is 5.80. The van der Waals surface area contributed by atoms with Crippen LogP contribution < -0.4 is 4.74 Å². The lowest BCUT2D eigenvalue weighted by atomic mass is 10.0. The van der Waals surface area contributed by atoms with Gasteiger partial charge in [-0.1, -0.05) is 41.0 Å². The van der Waals surface area contributed by atoms with Crippen molar-refractivity contribution < 1.29 is 22.5 Å². The predicted octanol–water partition coefficient (Wildman–Crippen LogP) is 3.63. The van der Waals surface area contributed by atoms with Crippen LogP contribution in [0.2, 0.25) is 5.02 Å². The summed E-state index contributed by atoms with van der Waals surface area (Å²) in [5, 5.41) is 5.32. The number of rotatable bonds is 5. The highest BCUT2D eigenvalue weighted by molar-refractivity contribution is 7.89. The molecule has 2 aromatic carbocycles. The topological polar surface area (TPSA) is 109 Å². The van der Waals surface area contributed by atoms with Crippen LogP contribution in [0.1, 0.15) is 10.5 Å². The maximum Gasteiger partial charge on any atom is 0.284 e. The molecular weight excluding hydrogens is 480 g/mol. The molecule has 1 N–H and O–H groups in total. The molecular formula is C23H21ClN4O5S. The molecule has 1 aliphatic heterocycles. The zero-order valence-electron chi connectivity index (χ0n) is 18.2. The molecule has 0 radical (unpaired) electrons. The molecule has 11 heteroatoms. The lowest BCUT2D eigenvalue weighted by molar-refractivity contribution is 0.0691. The Balaban J connectivity index is 1.41. The number of methoxy groups -OCH3 is 1. The largest absolute Gasteiger partial charge is 0.496 e. The molecule has 0 spiro atoms. The maximum absolute atomic E-state index is 13.3. The summed E-state index contributed by atoms with van der Waals surface area (Å²) in [5.41, 5.74) is 1.17. The minimum absolute atomic E-state index is 0.112. The van der Waals surface area contributed by atoms with Crippen LogP contribution in [-0.4, -0.2) is 67.0 Å². The summed E-state index contributed by atoms with van der Waals surface area (Å²) in [6.07, 6.45) is 1.67. The molecule has 3 heterocycles. The number of carbonyl (C=O) groups is 1. The van der Waals surface area contributed by atoms with Gasteiger partial charge in [-0.25, -0.2) is 8.42 Å². The fourth-order valence-corrected chi connectivity index (χ4v) is 5.84. The van der Waals surface area contributed by atoms with Crippen LogP contribution in [0.3, 0.4) is 0 Å². The average Bonchev–Trinajstić information content (AvgIpc) is 3.53. The predicted molar refractivity (Wildman–Crippen MR) is 126 cm³/mol. The van der Waals surface area contributed by atoms with Crippen molar-refractivity contribution in [3.63, 3.8) is 0 Å². The fraction of sp³-hybridized carbons (Fsp3) is 0.217. The number of halogens is 1. The van der Waals surface area contributed by atoms with Crippen molar-refractivity contribution in [2.24, 2.45) is 0 Å². The molecule has 2 aromatic heterocycles. The maximum atomic E-state index is 13.3. The number of aromatic nitrogens is 2. The molecule has 34 heavy (non-hydrogen) atoms. The second kappa shape index (κ2) is 8.79. The summed E-state index contributed by atoms with van der Waals surface area (Å²) in [5.74, 6) is 0.319. The third-order valence-corrected chi connectivity index (χ3v) is 8.11. The number of hydrogen-bond donors (Lipinski definition) is 1. The molecule has 0 aliphatic carbocycles. The van der Waals surface area contributed by atoms with E-state index in [0.717, 1.165) is 10.8 Å². The molecule has 176 valence electrons. The van der Waals surface area contributed by atoms with Gasteiger partial charge < -0.3 is 19.1 Å². The zero-order chi connectivity index (χ0) is 23.9. The SMILES string of the molecule is COc1cc2ccccc2cc1-c1noc(S(=O)(=O)N2CCN(C(=O)c3ccc[nH]3)CC2)c1Cl. The van der Waals surface area contributed by atoms with Crippen molar-refractivity contribution in [3.8, 4) is 17.0 Å². The van der Waals surface area contributed by atoms with Crippen molar-refractivity contribution in [2.75, 3.05) is 33.3 Å². The Morgan fingerprint density at radius 2 is 1.79 bits per heavy atom. The van der Waals surface area contributed by atoms with Gasteiger partial charge in [-0.2, -0.15) is 4.31 Å². The van der Waals surface area contributed by atoms with Gasteiger partial charge in [0.25, 0.3) is 21.0 Å². The summed E-state index contributed by atoms with van der Waals surface area (Å²) >= 11 is 6.50. The molecule has 0 bridgehead atoms. The molecule has 1 aliphatic rings. The summed E-state index contributed by atoms with van der Waals surface area (Å²) in [6.45, 7) is 0.712. The van der Waals surface area contributed by atoms with E-state index in [9.17, 15) is 13.2 Å². The third-order valence-electron chi connectivity index (χ3n) is 5.86. The van der Waals surface area contributed by atoms with Crippen LogP contribution in [0.15, 0.2) is 64.3 Å². The Hall–Kier alpha value is -3.34. The Morgan fingerprint density at radius 3 is 2.44 bits per heavy atom. The number of piperazine rings is 1. The highest BCUT2D eigenvalue weighted by Gasteiger charge is 2.36. The minimum Gasteiger partial charge on any atom is -0.496 e. The van der Waals surface area contributed by atoms with E-state index in [4.69, 9.17) is 20.9 Å². The van der Waals surface area contributed by atoms with Gasteiger partial charge in [0.2, 0.25) is 0 Å². The van der Waals surface area contributed by atoms with Gasteiger partial charge in [-0.05, 0) is 35.0 Å². The molecule has 0 unspecified atom stereocenters. The normalized spacial score (nSPS) is 15.1. The smallest absolute Gasteiger partial charge is 0.284 e. The van der Waals surface area contributed by atoms with Crippen LogP contribution in [0.4, 0.5) is 0 Å². The van der Waals surface area contributed by atoms with E-state index in [0.29, 0.717) is 17.0 Å². The van der Waals surface area contributed by atoms with Crippen LogP contribution in [0.5, 0.6) is 5.75 Å². The first kappa shape index (κ1) is 22.5. The van der Waals surface area contributed by atoms with Crippen LogP contribution in [0, 0.1) is 0 Å². The number of nitrogens with zero attached hydrogens (tertiary/aromatic N) is 3. The quantitative estimate of drug-likeness (QED) is 0.448. The second-order valence-electron chi connectivity index (χ2n) is 7.81. The number of sulfonamides is 1. The van der Waals surface area contributed by atoms with Crippen LogP contribution in [-0.2, 0) is 10.0 Å². The zero-order valence-corrected chi connectivity index (χ0v) is 19.8. The number of H-pyrrole nitrogens is 1. The molecule has 4 aromatic rings. The standard InChI is InChI=1S/C23H21ClN4O5S/c1-32-19-14-16-6-3-2-5-15(16)13-17(19)21-20(24)23(33-26-21)34(30,31)28-11-9-27(10-12-28)22(29)18-7-4-8-25-18/h2-8,13-14,25H,9-12H2,1H3. The molecule has 9 nitrogen and oxygen atoms in total. The number of fused-ring (bicyclic) bond motifs is 1. The number of ether oxygens (including phenoxy) is 1. The molecule has 1 amide bonds. The van der Waals surface area contributed by atoms with Crippen molar-refractivity contribution in [1.29, 1.82) is 0 Å². The molecule has 1 saturated heterocycles. The van der Waals surface area contributed by atoms with Crippen LogP contribution >= 0.6 is 11.6 Å². The number of nitrogens with one attached hydrogen (secondary N) is 1. The van der Waals surface area contributed by atoms with Gasteiger partial charge in [0, 0.05) is 37.9 Å². The van der Waals surface area contributed by atoms with Gasteiger partial charge in [-0.3, -0.25) is 4.79 Å². The van der Waals surface area contributed by atoms with Crippen molar-refractivity contribution in [1.82, 2.24) is 19.3 Å². The van der Waals surface area contributed by atoms with Gasteiger partial charge in [0.05, 0.1) is 7.11 Å². The minimum atomic E-state index is -4.06. The van der Waals surface area contributed by atoms with E-state index in [1.54, 1.807) is 23.2 Å². The van der Waals surface area contributed by atoms with Crippen molar-refractivity contribution >= 4 is 38.3 Å². The number of amides is 1. The molecule has 1 fully saturated rings. The summed E-state index contributed by atoms with van der Waals surface area (Å²) in [7, 11) is -2.54. The number of benzene rings is 2. The van der Waals surface area contributed by atoms with Gasteiger partial charge in [-0.15, -0.1) is 0 Å². The van der Waals surface area contributed by atoms with E-state index >= 15 is 0 Å². The summed E-state index contributed by atoms with van der Waals surface area (Å²) in [6, 6.07) is 14.8. The van der Waals surface area contributed by atoms with E-state index < -0.39 is 15.1 Å². The molecule has 0 atom stereocenters. The molecule has 5 rings (SSSR count). The average molecular weight is 501 g/mol. The first-order valence-electron chi connectivity index (χ1n) is 10.6. The van der Waals surface area contributed by atoms with Gasteiger partial charge in [0.15, 0.2) is 0 Å². The van der Waals surface area contributed by atoms with E-state index in [1.165, 1.54) is 11.4 Å². The van der Waals surface area contributed by atoms with E-state index in [2.05, 4.69) is 10.1 Å². The monoisotopic (exact) mass is 500 g/mol. The lowest BCUT2D eigenvalue weighted by Gasteiger charge is -2.33. The molecule has 0 saturated carbocycles. The Bertz CT molecular complexity index is 1460. The number of aromatic amines is 1. The van der Waals surface area contributed by atoms with Crippen molar-refractivity contribution in [3.05, 3.63) is 65.4 Å². The first-order valence-corrected chi connectivity index (χ1v) is 12.4. The van der Waals surface area contributed by atoms with E-state index in [1.807, 2.05) is 36.4 Å². The highest BCUT2D eigenvalue weighted by atomic mass is 35.5. The number of carbonyl (C=O) groups excluding carboxylic acids is 1. The lowest BCUT2D eigenvalue weighted by Crippen LogP contribution is -2.50. The summed E-state index contributed by atoms with van der Waals surface area (Å²) < 4.78 is 38.6. The summed E-state index contributed by atoms with van der Waals surface area (Å²) in [4.78, 5) is 17.0. The highest BCUT2D eigenvalue weighted by Crippen LogP contribution is 2.40. The Labute approximate surface area is 200 Å². The third kappa shape index (κ3) is 3.83. The van der Waals surface area contributed by atoms with Crippen molar-refractivity contribution in [2.45, 2.75) is 5.09 Å². The van der Waals surface area contributed by atoms with Gasteiger partial charge >= 0.3 is 0 Å². The first-order chi connectivity index (χ1) is 16.4. The number of hydrogen-bond acceptors (Lipinski definition) is 6. The van der Waals surface area contributed by atoms with E-state index in [-0.39, 0.29) is 42.8 Å². The Morgan fingerprint density at radius 1 is 1.09 bits per heavy atom.